The Morgan fingerprint density at radius 2 is 2.06 bits per heavy atom. The highest BCUT2D eigenvalue weighted by Crippen LogP contribution is 2.10. The van der Waals surface area contributed by atoms with Gasteiger partial charge in [0.25, 0.3) is 0 Å². The molecule has 0 aliphatic rings. The molecule has 1 heterocycles. The Kier molecular flexibility index (Phi) is 5.34. The van der Waals surface area contributed by atoms with Gasteiger partial charge in [0.05, 0.1) is 6.61 Å². The topological polar surface area (TPSA) is 69.2 Å². The quantitative estimate of drug-likeness (QED) is 0.551. The summed E-state index contributed by atoms with van der Waals surface area (Å²) in [6.45, 7) is 2.70. The summed E-state index contributed by atoms with van der Waals surface area (Å²) in [6, 6.07) is 1.56. The zero-order valence-corrected chi connectivity index (χ0v) is 11.0. The zero-order chi connectivity index (χ0) is 12.7. The molecule has 17 heavy (non-hydrogen) atoms. The van der Waals surface area contributed by atoms with Gasteiger partial charge in [-0.2, -0.15) is 4.98 Å². The minimum atomic E-state index is -3.37. The van der Waals surface area contributed by atoms with Gasteiger partial charge in [-0.25, -0.2) is 13.4 Å². The first-order valence-electron chi connectivity index (χ1n) is 5.70. The van der Waals surface area contributed by atoms with Crippen LogP contribution in [0, 0.1) is 0 Å². The standard InChI is InChI=1S/C11H18N2O3S/c1-3-4-5-6-9-16-10-7-8-12-11(13-10)17(2,14)15/h7-8H,3-6,9H2,1-2H3. The van der Waals surface area contributed by atoms with Crippen LogP contribution in [0.15, 0.2) is 17.4 Å². The van der Waals surface area contributed by atoms with Crippen molar-refractivity contribution in [1.29, 1.82) is 0 Å². The van der Waals surface area contributed by atoms with Gasteiger partial charge >= 0.3 is 0 Å². The van der Waals surface area contributed by atoms with Crippen LogP contribution >= 0.6 is 0 Å². The molecule has 0 amide bonds. The fraction of sp³-hybridized carbons (Fsp3) is 0.636. The number of nitrogens with zero attached hydrogens (tertiary/aromatic N) is 2. The molecule has 0 aliphatic carbocycles. The van der Waals surface area contributed by atoms with Gasteiger partial charge in [-0.15, -0.1) is 0 Å². The summed E-state index contributed by atoms with van der Waals surface area (Å²) in [5.74, 6) is 0.317. The Morgan fingerprint density at radius 3 is 2.71 bits per heavy atom. The summed E-state index contributed by atoms with van der Waals surface area (Å²) in [4.78, 5) is 7.53. The van der Waals surface area contributed by atoms with E-state index in [1.54, 1.807) is 6.07 Å². The third kappa shape index (κ3) is 5.12. The Labute approximate surface area is 102 Å². The summed E-state index contributed by atoms with van der Waals surface area (Å²) in [6.07, 6.45) is 6.89. The number of aromatic nitrogens is 2. The second-order valence-electron chi connectivity index (χ2n) is 3.86. The summed E-state index contributed by atoms with van der Waals surface area (Å²) >= 11 is 0. The number of unbranched alkanes of at least 4 members (excludes halogenated alkanes) is 3. The van der Waals surface area contributed by atoms with Crippen LogP contribution in [0.25, 0.3) is 0 Å². The molecule has 0 saturated carbocycles. The van der Waals surface area contributed by atoms with E-state index in [9.17, 15) is 8.42 Å². The summed E-state index contributed by atoms with van der Waals surface area (Å²) < 4.78 is 27.8. The first-order valence-corrected chi connectivity index (χ1v) is 7.59. The van der Waals surface area contributed by atoms with E-state index in [-0.39, 0.29) is 5.16 Å². The van der Waals surface area contributed by atoms with E-state index < -0.39 is 9.84 Å². The van der Waals surface area contributed by atoms with Crippen molar-refractivity contribution < 1.29 is 13.2 Å². The molecule has 0 fully saturated rings. The van der Waals surface area contributed by atoms with Gasteiger partial charge in [0.2, 0.25) is 20.9 Å². The van der Waals surface area contributed by atoms with E-state index in [0.29, 0.717) is 12.5 Å². The molecule has 96 valence electrons. The van der Waals surface area contributed by atoms with Crippen LogP contribution < -0.4 is 4.74 Å². The molecule has 0 radical (unpaired) electrons. The average Bonchev–Trinajstić information content (AvgIpc) is 2.28. The van der Waals surface area contributed by atoms with Crippen molar-refractivity contribution in [2.45, 2.75) is 37.8 Å². The molecule has 0 unspecified atom stereocenters. The predicted octanol–water partition coefficient (Wildman–Crippen LogP) is 1.84. The summed E-state index contributed by atoms with van der Waals surface area (Å²) in [5.41, 5.74) is 0. The number of hydrogen-bond donors (Lipinski definition) is 0. The van der Waals surface area contributed by atoms with E-state index in [4.69, 9.17) is 4.74 Å². The lowest BCUT2D eigenvalue weighted by Crippen LogP contribution is -2.06. The molecule has 0 aromatic carbocycles. The minimum absolute atomic E-state index is 0.191. The number of hydrogen-bond acceptors (Lipinski definition) is 5. The molecular weight excluding hydrogens is 240 g/mol. The van der Waals surface area contributed by atoms with Crippen molar-refractivity contribution in [3.63, 3.8) is 0 Å². The highest BCUT2D eigenvalue weighted by Gasteiger charge is 2.11. The fourth-order valence-electron chi connectivity index (χ4n) is 1.29. The van der Waals surface area contributed by atoms with Gasteiger partial charge in [-0.1, -0.05) is 26.2 Å². The lowest BCUT2D eigenvalue weighted by atomic mass is 10.2. The second-order valence-corrected chi connectivity index (χ2v) is 5.77. The highest BCUT2D eigenvalue weighted by molar-refractivity contribution is 7.90. The van der Waals surface area contributed by atoms with Crippen LogP contribution in [0.2, 0.25) is 0 Å². The molecule has 0 N–H and O–H groups in total. The number of sulfone groups is 1. The number of rotatable bonds is 7. The maximum atomic E-state index is 11.2. The third-order valence-electron chi connectivity index (χ3n) is 2.19. The van der Waals surface area contributed by atoms with E-state index in [1.807, 2.05) is 0 Å². The fourth-order valence-corrected chi connectivity index (χ4v) is 1.80. The maximum Gasteiger partial charge on any atom is 0.250 e. The lowest BCUT2D eigenvalue weighted by molar-refractivity contribution is 0.290. The van der Waals surface area contributed by atoms with Crippen LogP contribution in [-0.2, 0) is 9.84 Å². The molecule has 0 atom stereocenters. The lowest BCUT2D eigenvalue weighted by Gasteiger charge is -2.05. The van der Waals surface area contributed by atoms with Gasteiger partial charge in [0.15, 0.2) is 0 Å². The van der Waals surface area contributed by atoms with Gasteiger partial charge < -0.3 is 4.74 Å². The Hall–Kier alpha value is -1.17. The molecule has 0 aliphatic heterocycles. The van der Waals surface area contributed by atoms with Crippen LogP contribution in [-0.4, -0.2) is 31.2 Å². The summed E-state index contributed by atoms with van der Waals surface area (Å²) in [5, 5.41) is -0.191. The predicted molar refractivity (Wildman–Crippen MR) is 64.8 cm³/mol. The van der Waals surface area contributed by atoms with E-state index >= 15 is 0 Å². The molecule has 5 nitrogen and oxygen atoms in total. The van der Waals surface area contributed by atoms with E-state index in [1.165, 1.54) is 19.0 Å². The van der Waals surface area contributed by atoms with E-state index in [2.05, 4.69) is 16.9 Å². The first kappa shape index (κ1) is 13.9. The minimum Gasteiger partial charge on any atom is -0.478 e. The number of ether oxygens (including phenoxy) is 1. The van der Waals surface area contributed by atoms with Crippen molar-refractivity contribution in [2.24, 2.45) is 0 Å². The smallest absolute Gasteiger partial charge is 0.250 e. The third-order valence-corrected chi connectivity index (χ3v) is 3.05. The molecule has 0 saturated heterocycles. The highest BCUT2D eigenvalue weighted by atomic mass is 32.2. The molecule has 0 spiro atoms. The molecular formula is C11H18N2O3S. The van der Waals surface area contributed by atoms with Gasteiger partial charge in [0, 0.05) is 18.5 Å². The van der Waals surface area contributed by atoms with E-state index in [0.717, 1.165) is 19.1 Å². The van der Waals surface area contributed by atoms with Crippen LogP contribution in [0.4, 0.5) is 0 Å². The van der Waals surface area contributed by atoms with Crippen LogP contribution in [0.5, 0.6) is 5.88 Å². The Balaban J connectivity index is 2.49. The van der Waals surface area contributed by atoms with Crippen molar-refractivity contribution >= 4 is 9.84 Å². The van der Waals surface area contributed by atoms with Crippen molar-refractivity contribution in [3.05, 3.63) is 12.3 Å². The molecule has 1 aromatic rings. The molecule has 1 aromatic heterocycles. The van der Waals surface area contributed by atoms with Gasteiger partial charge in [-0.05, 0) is 6.42 Å². The average molecular weight is 258 g/mol. The molecule has 1 rings (SSSR count). The largest absolute Gasteiger partial charge is 0.478 e. The van der Waals surface area contributed by atoms with Crippen molar-refractivity contribution in [1.82, 2.24) is 9.97 Å². The Morgan fingerprint density at radius 1 is 1.29 bits per heavy atom. The monoisotopic (exact) mass is 258 g/mol. The summed E-state index contributed by atoms with van der Waals surface area (Å²) in [7, 11) is -3.37. The first-order chi connectivity index (χ1) is 8.04. The second kappa shape index (κ2) is 6.54. The molecule has 0 bridgehead atoms. The zero-order valence-electron chi connectivity index (χ0n) is 10.2. The normalized spacial score (nSPS) is 11.4. The SMILES string of the molecule is CCCCCCOc1ccnc(S(C)(=O)=O)n1. The van der Waals surface area contributed by atoms with Gasteiger partial charge in [-0.3, -0.25) is 0 Å². The molecule has 6 heteroatoms. The maximum absolute atomic E-state index is 11.2. The Bertz CT molecular complexity index is 446. The van der Waals surface area contributed by atoms with Crippen LogP contribution in [0.3, 0.4) is 0 Å². The van der Waals surface area contributed by atoms with Crippen LogP contribution in [0.1, 0.15) is 32.6 Å². The van der Waals surface area contributed by atoms with Crippen molar-refractivity contribution in [2.75, 3.05) is 12.9 Å². The van der Waals surface area contributed by atoms with Gasteiger partial charge in [0.1, 0.15) is 0 Å². The van der Waals surface area contributed by atoms with Crippen molar-refractivity contribution in [3.8, 4) is 5.88 Å².